The molecular formula is C9H19NO4. The van der Waals surface area contributed by atoms with Gasteiger partial charge in [-0.25, -0.2) is 0 Å². The lowest BCUT2D eigenvalue weighted by Gasteiger charge is -2.28. The van der Waals surface area contributed by atoms with E-state index in [0.29, 0.717) is 13.1 Å². The van der Waals surface area contributed by atoms with Crippen LogP contribution in [0.3, 0.4) is 0 Å². The lowest BCUT2D eigenvalue weighted by Crippen LogP contribution is -2.47. The van der Waals surface area contributed by atoms with Crippen molar-refractivity contribution in [2.45, 2.75) is 37.7 Å². The van der Waals surface area contributed by atoms with Crippen LogP contribution in [0.2, 0.25) is 0 Å². The van der Waals surface area contributed by atoms with Gasteiger partial charge in [-0.2, -0.15) is 0 Å². The molecule has 0 unspecified atom stereocenters. The van der Waals surface area contributed by atoms with Gasteiger partial charge >= 0.3 is 0 Å². The van der Waals surface area contributed by atoms with Gasteiger partial charge in [0.1, 0.15) is 0 Å². The Labute approximate surface area is 83.6 Å². The van der Waals surface area contributed by atoms with Gasteiger partial charge in [0.05, 0.1) is 31.0 Å². The summed E-state index contributed by atoms with van der Waals surface area (Å²) in [4.78, 5) is 1.82. The molecule has 0 saturated carbocycles. The smallest absolute Gasteiger partial charge is 0.0992 e. The maximum atomic E-state index is 9.59. The molecule has 0 aromatic carbocycles. The molecule has 1 fully saturated rings. The van der Waals surface area contributed by atoms with Crippen molar-refractivity contribution in [2.75, 3.05) is 19.7 Å². The predicted octanol–water partition coefficient (Wildman–Crippen LogP) is -1.84. The van der Waals surface area contributed by atoms with Gasteiger partial charge in [0.15, 0.2) is 0 Å². The highest BCUT2D eigenvalue weighted by atomic mass is 16.3. The summed E-state index contributed by atoms with van der Waals surface area (Å²) in [7, 11) is 0. The van der Waals surface area contributed by atoms with Gasteiger partial charge in [-0.3, -0.25) is 4.90 Å². The number of aliphatic hydroxyl groups is 4. The number of hydrogen-bond acceptors (Lipinski definition) is 5. The van der Waals surface area contributed by atoms with Crippen LogP contribution in [0.5, 0.6) is 0 Å². The van der Waals surface area contributed by atoms with Crippen LogP contribution >= 0.6 is 0 Å². The molecular weight excluding hydrogens is 186 g/mol. The van der Waals surface area contributed by atoms with Crippen molar-refractivity contribution >= 4 is 0 Å². The van der Waals surface area contributed by atoms with Crippen LogP contribution < -0.4 is 0 Å². The molecule has 1 aliphatic heterocycles. The average Bonchev–Trinajstić information content (AvgIpc) is 2.43. The molecule has 1 saturated heterocycles. The first-order chi connectivity index (χ1) is 6.61. The largest absolute Gasteiger partial charge is 0.394 e. The van der Waals surface area contributed by atoms with E-state index in [2.05, 4.69) is 0 Å². The molecule has 0 radical (unpaired) electrons. The average molecular weight is 205 g/mol. The quantitative estimate of drug-likeness (QED) is 0.433. The Balaban J connectivity index is 2.65. The van der Waals surface area contributed by atoms with Crippen LogP contribution in [-0.4, -0.2) is 69.4 Å². The van der Waals surface area contributed by atoms with Gasteiger partial charge in [0.25, 0.3) is 0 Å². The van der Waals surface area contributed by atoms with Crippen molar-refractivity contribution < 1.29 is 20.4 Å². The molecule has 84 valence electrons. The summed E-state index contributed by atoms with van der Waals surface area (Å²) >= 11 is 0. The highest BCUT2D eigenvalue weighted by Crippen LogP contribution is 2.21. The van der Waals surface area contributed by atoms with E-state index in [9.17, 15) is 15.3 Å². The van der Waals surface area contributed by atoms with Gasteiger partial charge in [0.2, 0.25) is 0 Å². The van der Waals surface area contributed by atoms with E-state index in [1.165, 1.54) is 0 Å². The summed E-state index contributed by atoms with van der Waals surface area (Å²) in [6, 6.07) is -0.546. The topological polar surface area (TPSA) is 84.2 Å². The number of β-amino-alcohol motifs (C(OH)–C–C–N with tert-alkyl or cyclic N) is 1. The highest BCUT2D eigenvalue weighted by Gasteiger charge is 2.42. The zero-order valence-electron chi connectivity index (χ0n) is 8.37. The Bertz CT molecular complexity index is 178. The van der Waals surface area contributed by atoms with E-state index in [4.69, 9.17) is 5.11 Å². The van der Waals surface area contributed by atoms with Gasteiger partial charge < -0.3 is 20.4 Å². The Hall–Kier alpha value is -0.200. The number of hydrogen-bond donors (Lipinski definition) is 4. The van der Waals surface area contributed by atoms with E-state index in [-0.39, 0.29) is 0 Å². The van der Waals surface area contributed by atoms with E-state index in [1.54, 1.807) is 0 Å². The Kier molecular flexibility index (Phi) is 4.28. The third-order valence-corrected chi connectivity index (χ3v) is 2.68. The molecule has 4 N–H and O–H groups in total. The SMILES string of the molecule is CCCN1C[C@@H](O)[C@@H](O)[C@@H]1[C@H](O)CO. The number of rotatable bonds is 4. The third-order valence-electron chi connectivity index (χ3n) is 2.68. The highest BCUT2D eigenvalue weighted by molar-refractivity contribution is 4.96. The second-order valence-electron chi connectivity index (χ2n) is 3.79. The fourth-order valence-electron chi connectivity index (χ4n) is 2.02. The molecule has 0 amide bonds. The second kappa shape index (κ2) is 5.04. The summed E-state index contributed by atoms with van der Waals surface area (Å²) in [5.41, 5.74) is 0. The first-order valence-electron chi connectivity index (χ1n) is 5.01. The number of aliphatic hydroxyl groups excluding tert-OH is 4. The third kappa shape index (κ3) is 2.24. The summed E-state index contributed by atoms with van der Waals surface area (Å²) < 4.78 is 0. The van der Waals surface area contributed by atoms with E-state index in [0.717, 1.165) is 6.42 Å². The van der Waals surface area contributed by atoms with Crippen LogP contribution in [-0.2, 0) is 0 Å². The summed E-state index contributed by atoms with van der Waals surface area (Å²) in [6.45, 7) is 2.65. The normalized spacial score (nSPS) is 36.2. The molecule has 0 bridgehead atoms. The minimum absolute atomic E-state index is 0.358. The van der Waals surface area contributed by atoms with Crippen LogP contribution in [0.15, 0.2) is 0 Å². The zero-order valence-corrected chi connectivity index (χ0v) is 8.37. The van der Waals surface area contributed by atoms with Crippen LogP contribution in [0.4, 0.5) is 0 Å². The first kappa shape index (κ1) is 11.9. The Morgan fingerprint density at radius 2 is 2.07 bits per heavy atom. The molecule has 0 spiro atoms. The lowest BCUT2D eigenvalue weighted by atomic mass is 10.1. The fourth-order valence-corrected chi connectivity index (χ4v) is 2.02. The van der Waals surface area contributed by atoms with Crippen molar-refractivity contribution in [1.82, 2.24) is 4.90 Å². The van der Waals surface area contributed by atoms with Gasteiger partial charge in [-0.05, 0) is 13.0 Å². The van der Waals surface area contributed by atoms with E-state index >= 15 is 0 Å². The number of nitrogens with zero attached hydrogens (tertiary/aromatic N) is 1. The summed E-state index contributed by atoms with van der Waals surface area (Å²) in [6.07, 6.45) is -1.90. The minimum atomic E-state index is -0.992. The first-order valence-corrected chi connectivity index (χ1v) is 5.01. The number of likely N-dealkylation sites (tertiary alicyclic amines) is 1. The van der Waals surface area contributed by atoms with Crippen molar-refractivity contribution in [3.63, 3.8) is 0 Å². The van der Waals surface area contributed by atoms with Crippen LogP contribution in [0.25, 0.3) is 0 Å². The summed E-state index contributed by atoms with van der Waals surface area (Å²) in [5, 5.41) is 37.3. The van der Waals surface area contributed by atoms with Gasteiger partial charge in [0, 0.05) is 6.54 Å². The Morgan fingerprint density at radius 1 is 1.43 bits per heavy atom. The van der Waals surface area contributed by atoms with Gasteiger partial charge in [-0.1, -0.05) is 6.92 Å². The molecule has 1 rings (SSSR count). The fraction of sp³-hybridized carbons (Fsp3) is 1.00. The van der Waals surface area contributed by atoms with Crippen molar-refractivity contribution in [1.29, 1.82) is 0 Å². The summed E-state index contributed by atoms with van der Waals surface area (Å²) in [5.74, 6) is 0. The standard InChI is InChI=1S/C9H19NO4/c1-2-3-10-4-6(12)9(14)8(10)7(13)5-11/h6-9,11-14H,2-5H2,1H3/t6-,7-,8+,9-/m1/s1. The van der Waals surface area contributed by atoms with E-state index in [1.807, 2.05) is 11.8 Å². The molecule has 5 nitrogen and oxygen atoms in total. The molecule has 0 aliphatic carbocycles. The molecule has 4 atom stereocenters. The molecule has 0 aromatic heterocycles. The van der Waals surface area contributed by atoms with Crippen LogP contribution in [0, 0.1) is 0 Å². The lowest BCUT2D eigenvalue weighted by molar-refractivity contribution is -0.0302. The van der Waals surface area contributed by atoms with Crippen molar-refractivity contribution in [2.24, 2.45) is 0 Å². The second-order valence-corrected chi connectivity index (χ2v) is 3.79. The van der Waals surface area contributed by atoms with E-state index < -0.39 is 31.0 Å². The van der Waals surface area contributed by atoms with Gasteiger partial charge in [-0.15, -0.1) is 0 Å². The molecule has 5 heteroatoms. The minimum Gasteiger partial charge on any atom is -0.394 e. The van der Waals surface area contributed by atoms with Crippen molar-refractivity contribution in [3.05, 3.63) is 0 Å². The zero-order chi connectivity index (χ0) is 10.7. The predicted molar refractivity (Wildman–Crippen MR) is 50.8 cm³/mol. The van der Waals surface area contributed by atoms with Crippen molar-refractivity contribution in [3.8, 4) is 0 Å². The Morgan fingerprint density at radius 3 is 2.57 bits per heavy atom. The molecule has 0 aromatic rings. The molecule has 14 heavy (non-hydrogen) atoms. The maximum absolute atomic E-state index is 9.59. The monoisotopic (exact) mass is 205 g/mol. The molecule has 1 aliphatic rings. The van der Waals surface area contributed by atoms with Crippen LogP contribution in [0.1, 0.15) is 13.3 Å². The maximum Gasteiger partial charge on any atom is 0.0992 e. The molecule has 1 heterocycles.